The average Bonchev–Trinajstić information content (AvgIpc) is 3.35. The molecule has 1 amide bonds. The van der Waals surface area contributed by atoms with Crippen LogP contribution in [0, 0.1) is 0 Å². The number of aliphatic hydroxyl groups excluding tert-OH is 2. The molecule has 0 aliphatic rings. The summed E-state index contributed by atoms with van der Waals surface area (Å²) in [4.78, 5) is 12.5. The second-order valence-electron chi connectivity index (χ2n) is 19.0. The van der Waals surface area contributed by atoms with Gasteiger partial charge < -0.3 is 15.5 Å². The molecule has 3 N–H and O–H groups in total. The highest BCUT2D eigenvalue weighted by Gasteiger charge is 2.17. The summed E-state index contributed by atoms with van der Waals surface area (Å²) in [6.07, 6.45) is 91.9. The molecule has 0 fully saturated rings. The Morgan fingerprint density at radius 3 is 1.01 bits per heavy atom. The third-order valence-corrected chi connectivity index (χ3v) is 12.3. The Bertz CT molecular complexity index is 1400. The summed E-state index contributed by atoms with van der Waals surface area (Å²) in [6, 6.07) is -0.681. The van der Waals surface area contributed by atoms with E-state index in [1.807, 2.05) is 6.08 Å². The van der Waals surface area contributed by atoms with Crippen LogP contribution in [0.4, 0.5) is 0 Å². The highest BCUT2D eigenvalue weighted by atomic mass is 16.3. The van der Waals surface area contributed by atoms with E-state index in [9.17, 15) is 15.0 Å². The summed E-state index contributed by atoms with van der Waals surface area (Å²) >= 11 is 0. The molecule has 0 saturated heterocycles. The van der Waals surface area contributed by atoms with Crippen molar-refractivity contribution in [3.63, 3.8) is 0 Å². The lowest BCUT2D eigenvalue weighted by molar-refractivity contribution is -0.123. The van der Waals surface area contributed by atoms with Crippen molar-refractivity contribution in [3.05, 3.63) is 134 Å². The Kier molecular flexibility index (Phi) is 55.9. The number of allylic oxidation sites excluding steroid dienone is 21. The quantitative estimate of drug-likeness (QED) is 0.0420. The monoisotopic (exact) mass is 952 g/mol. The number of unbranched alkanes of at least 4 members (excludes halogenated alkanes) is 24. The molecule has 2 atom stereocenters. The van der Waals surface area contributed by atoms with Crippen LogP contribution in [0.2, 0.25) is 0 Å². The third kappa shape index (κ3) is 55.3. The van der Waals surface area contributed by atoms with E-state index in [-0.39, 0.29) is 12.5 Å². The molecule has 0 rings (SSSR count). The molecule has 4 heteroatoms. The van der Waals surface area contributed by atoms with E-state index in [2.05, 4.69) is 141 Å². The second-order valence-corrected chi connectivity index (χ2v) is 19.0. The number of hydrogen-bond acceptors (Lipinski definition) is 3. The molecule has 69 heavy (non-hydrogen) atoms. The summed E-state index contributed by atoms with van der Waals surface area (Å²) in [7, 11) is 0. The van der Waals surface area contributed by atoms with Crippen molar-refractivity contribution in [1.82, 2.24) is 5.32 Å². The van der Waals surface area contributed by atoms with Gasteiger partial charge in [0, 0.05) is 6.42 Å². The van der Waals surface area contributed by atoms with Crippen molar-refractivity contribution >= 4 is 5.91 Å². The standard InChI is InChI=1S/C65H109NO3/c1-3-5-7-9-11-13-15-17-19-21-23-25-27-29-31-32-33-35-36-38-40-42-44-46-48-50-52-54-56-58-60-64(68)63(62-67)66-65(69)61-59-57-55-53-51-49-47-45-43-41-39-37-34-30-28-26-24-22-20-18-16-14-12-10-8-6-4-2/h6,8,12,14,18,20,24,26,30,34,39,41-42,44-45,47,50-53,58,60,63-64,67-68H,3-5,7,9-11,13,15-17,19,21-23,25,27-29,31-33,35-38,40,43,46,48-49,54-57,59,61-62H2,1-2H3,(H,66,69)/b8-6-,14-12-,20-18-,26-24-,34-30-,41-39-,44-42+,47-45-,52-50+,53-51-,60-58+. The Morgan fingerprint density at radius 1 is 0.362 bits per heavy atom. The molecule has 0 aliphatic carbocycles. The molecule has 392 valence electrons. The highest BCUT2D eigenvalue weighted by Crippen LogP contribution is 2.15. The largest absolute Gasteiger partial charge is 0.394 e. The Morgan fingerprint density at radius 2 is 0.652 bits per heavy atom. The predicted molar refractivity (Wildman–Crippen MR) is 308 cm³/mol. The molecule has 0 bridgehead atoms. The Labute approximate surface area is 428 Å². The van der Waals surface area contributed by atoms with Crippen molar-refractivity contribution in [2.75, 3.05) is 6.61 Å². The van der Waals surface area contributed by atoms with Crippen molar-refractivity contribution in [3.8, 4) is 0 Å². The Balaban J connectivity index is 3.70. The molecule has 0 aliphatic heterocycles. The second kappa shape index (κ2) is 58.8. The van der Waals surface area contributed by atoms with E-state index in [0.29, 0.717) is 6.42 Å². The molecular formula is C65H109NO3. The van der Waals surface area contributed by atoms with Crippen molar-refractivity contribution in [2.45, 2.75) is 264 Å². The maximum absolute atomic E-state index is 12.5. The minimum atomic E-state index is -0.901. The molecule has 4 nitrogen and oxygen atoms in total. The molecule has 0 aromatic rings. The van der Waals surface area contributed by atoms with Crippen LogP contribution in [0.3, 0.4) is 0 Å². The van der Waals surface area contributed by atoms with E-state index in [1.54, 1.807) is 6.08 Å². The minimum absolute atomic E-state index is 0.125. The van der Waals surface area contributed by atoms with Gasteiger partial charge in [-0.15, -0.1) is 0 Å². The van der Waals surface area contributed by atoms with Gasteiger partial charge in [-0.3, -0.25) is 4.79 Å². The fourth-order valence-electron chi connectivity index (χ4n) is 7.99. The third-order valence-electron chi connectivity index (χ3n) is 12.3. The number of nitrogens with one attached hydrogen (secondary N) is 1. The number of carbonyl (C=O) groups excluding carboxylic acids is 1. The van der Waals surface area contributed by atoms with E-state index >= 15 is 0 Å². The molecule has 0 saturated carbocycles. The van der Waals surface area contributed by atoms with Crippen LogP contribution in [0.15, 0.2) is 134 Å². The maximum Gasteiger partial charge on any atom is 0.220 e. The zero-order chi connectivity index (χ0) is 49.9. The van der Waals surface area contributed by atoms with Gasteiger partial charge in [0.2, 0.25) is 5.91 Å². The first-order valence-corrected chi connectivity index (χ1v) is 28.9. The van der Waals surface area contributed by atoms with Gasteiger partial charge in [0.15, 0.2) is 0 Å². The molecular weight excluding hydrogens is 843 g/mol. The Hall–Kier alpha value is -3.47. The lowest BCUT2D eigenvalue weighted by atomic mass is 10.0. The molecule has 0 aromatic carbocycles. The number of aliphatic hydroxyl groups is 2. The van der Waals surface area contributed by atoms with Gasteiger partial charge >= 0.3 is 0 Å². The fraction of sp³-hybridized carbons (Fsp3) is 0.646. The smallest absolute Gasteiger partial charge is 0.220 e. The van der Waals surface area contributed by atoms with Crippen LogP contribution in [-0.2, 0) is 4.79 Å². The topological polar surface area (TPSA) is 69.6 Å². The van der Waals surface area contributed by atoms with Gasteiger partial charge in [-0.1, -0.05) is 270 Å². The zero-order valence-electron chi connectivity index (χ0n) is 45.0. The van der Waals surface area contributed by atoms with Crippen LogP contribution in [-0.4, -0.2) is 34.9 Å². The van der Waals surface area contributed by atoms with Gasteiger partial charge in [0.25, 0.3) is 0 Å². The number of carbonyl (C=O) groups is 1. The van der Waals surface area contributed by atoms with Crippen molar-refractivity contribution in [1.29, 1.82) is 0 Å². The van der Waals surface area contributed by atoms with Gasteiger partial charge in [-0.05, 0) is 109 Å². The van der Waals surface area contributed by atoms with Crippen LogP contribution < -0.4 is 5.32 Å². The summed E-state index contributed by atoms with van der Waals surface area (Å²) in [5.74, 6) is -0.125. The predicted octanol–water partition coefficient (Wildman–Crippen LogP) is 19.4. The van der Waals surface area contributed by atoms with Gasteiger partial charge in [0.1, 0.15) is 0 Å². The molecule has 0 heterocycles. The fourth-order valence-corrected chi connectivity index (χ4v) is 7.99. The average molecular weight is 953 g/mol. The zero-order valence-corrected chi connectivity index (χ0v) is 45.0. The number of hydrogen-bond donors (Lipinski definition) is 3. The van der Waals surface area contributed by atoms with Gasteiger partial charge in [-0.25, -0.2) is 0 Å². The first kappa shape index (κ1) is 65.5. The maximum atomic E-state index is 12.5. The molecule has 0 radical (unpaired) electrons. The summed E-state index contributed by atoms with van der Waals surface area (Å²) in [5.41, 5.74) is 0. The summed E-state index contributed by atoms with van der Waals surface area (Å²) < 4.78 is 0. The van der Waals surface area contributed by atoms with E-state index in [0.717, 1.165) is 96.3 Å². The van der Waals surface area contributed by atoms with Crippen LogP contribution in [0.25, 0.3) is 0 Å². The minimum Gasteiger partial charge on any atom is -0.394 e. The summed E-state index contributed by atoms with van der Waals surface area (Å²) in [5, 5.41) is 23.1. The SMILES string of the molecule is CC/C=C\C/C=C\C/C=C\C/C=C\C/C=C\C/C=C\C/C=C\C/C=C\CCCCC(=O)NC(CO)C(O)/C=C/CC/C=C/CC/C=C/CCCCCCCCCCCCCCCCCCCCCC. The first-order valence-electron chi connectivity index (χ1n) is 28.9. The van der Waals surface area contributed by atoms with Crippen molar-refractivity contribution in [2.24, 2.45) is 0 Å². The van der Waals surface area contributed by atoms with Gasteiger partial charge in [-0.2, -0.15) is 0 Å². The normalized spacial score (nSPS) is 13.9. The van der Waals surface area contributed by atoms with E-state index < -0.39 is 12.1 Å². The number of rotatable bonds is 51. The van der Waals surface area contributed by atoms with Crippen molar-refractivity contribution < 1.29 is 15.0 Å². The van der Waals surface area contributed by atoms with E-state index in [1.165, 1.54) is 135 Å². The molecule has 0 spiro atoms. The molecule has 0 aromatic heterocycles. The highest BCUT2D eigenvalue weighted by molar-refractivity contribution is 5.76. The van der Waals surface area contributed by atoms with Gasteiger partial charge in [0.05, 0.1) is 18.8 Å². The number of amides is 1. The van der Waals surface area contributed by atoms with E-state index in [4.69, 9.17) is 0 Å². The van der Waals surface area contributed by atoms with Crippen LogP contribution in [0.5, 0.6) is 0 Å². The lowest BCUT2D eigenvalue weighted by Gasteiger charge is -2.19. The first-order chi connectivity index (χ1) is 34.2. The molecule has 2 unspecified atom stereocenters. The van der Waals surface area contributed by atoms with Crippen LogP contribution >= 0.6 is 0 Å². The summed E-state index contributed by atoms with van der Waals surface area (Å²) in [6.45, 7) is 4.17. The lowest BCUT2D eigenvalue weighted by Crippen LogP contribution is -2.45. The van der Waals surface area contributed by atoms with Crippen LogP contribution in [0.1, 0.15) is 251 Å².